The summed E-state index contributed by atoms with van der Waals surface area (Å²) in [7, 11) is 0. The van der Waals surface area contributed by atoms with Crippen LogP contribution in [0.2, 0.25) is 0 Å². The molecule has 0 saturated carbocycles. The van der Waals surface area contributed by atoms with E-state index in [1.54, 1.807) is 4.90 Å². The molecule has 1 amide bonds. The molecule has 0 spiro atoms. The lowest BCUT2D eigenvalue weighted by molar-refractivity contribution is -0.0559. The van der Waals surface area contributed by atoms with Crippen molar-refractivity contribution in [2.45, 2.75) is 19.1 Å². The van der Waals surface area contributed by atoms with Gasteiger partial charge in [0.2, 0.25) is 0 Å². The van der Waals surface area contributed by atoms with Crippen molar-refractivity contribution in [2.24, 2.45) is 0 Å². The Morgan fingerprint density at radius 3 is 3.06 bits per heavy atom. The number of morpholine rings is 1. The predicted octanol–water partition coefficient (Wildman–Crippen LogP) is 1.85. The lowest BCUT2D eigenvalue weighted by atomic mass is 10.2. The summed E-state index contributed by atoms with van der Waals surface area (Å²) in [6, 6.07) is 1.21. The van der Waals surface area contributed by atoms with Crippen LogP contribution in [0.5, 0.6) is 0 Å². The number of halogens is 2. The van der Waals surface area contributed by atoms with Crippen molar-refractivity contribution in [3.63, 3.8) is 0 Å². The molecular weight excluding hydrogens is 303 g/mol. The number of rotatable bonds is 2. The summed E-state index contributed by atoms with van der Waals surface area (Å²) in [5, 5.41) is 0.669. The van der Waals surface area contributed by atoms with Gasteiger partial charge in [-0.05, 0) is 13.0 Å². The molecule has 1 aliphatic rings. The quantitative estimate of drug-likeness (QED) is 0.782. The molecule has 98 valence electrons. The molecule has 0 aromatic carbocycles. The minimum Gasteiger partial charge on any atom is -0.371 e. The summed E-state index contributed by atoms with van der Waals surface area (Å²) < 4.78 is 18.7. The maximum atomic E-state index is 13.0. The fraction of sp³-hybridized carbons (Fsp3) is 0.500. The second-order valence-corrected chi connectivity index (χ2v) is 4.97. The van der Waals surface area contributed by atoms with Crippen LogP contribution in [0.15, 0.2) is 18.5 Å². The lowest BCUT2D eigenvalue weighted by Gasteiger charge is -2.36. The topological polar surface area (TPSA) is 42.4 Å². The van der Waals surface area contributed by atoms with Gasteiger partial charge in [-0.3, -0.25) is 9.78 Å². The van der Waals surface area contributed by atoms with Gasteiger partial charge in [-0.2, -0.15) is 0 Å². The van der Waals surface area contributed by atoms with E-state index in [0.29, 0.717) is 18.4 Å². The SMILES string of the molecule is CC1CN(C(=O)c2cncc(F)c2)CC(CBr)O1. The second kappa shape index (κ2) is 5.75. The maximum absolute atomic E-state index is 13.0. The van der Waals surface area contributed by atoms with E-state index in [9.17, 15) is 9.18 Å². The molecule has 0 radical (unpaired) electrons. The number of alkyl halides is 1. The molecule has 6 heteroatoms. The zero-order chi connectivity index (χ0) is 13.1. The Morgan fingerprint density at radius 1 is 1.61 bits per heavy atom. The molecule has 4 nitrogen and oxygen atoms in total. The van der Waals surface area contributed by atoms with E-state index in [2.05, 4.69) is 20.9 Å². The van der Waals surface area contributed by atoms with E-state index in [4.69, 9.17) is 4.74 Å². The van der Waals surface area contributed by atoms with Crippen molar-refractivity contribution in [1.29, 1.82) is 0 Å². The predicted molar refractivity (Wildman–Crippen MR) is 68.2 cm³/mol. The van der Waals surface area contributed by atoms with Crippen LogP contribution in [0.3, 0.4) is 0 Å². The summed E-state index contributed by atoms with van der Waals surface area (Å²) in [6.07, 6.45) is 2.42. The van der Waals surface area contributed by atoms with Crippen LogP contribution in [0.25, 0.3) is 0 Å². The van der Waals surface area contributed by atoms with Crippen molar-refractivity contribution in [3.05, 3.63) is 29.8 Å². The molecule has 1 aromatic rings. The summed E-state index contributed by atoms with van der Waals surface area (Å²) in [5.41, 5.74) is 0.275. The van der Waals surface area contributed by atoms with Crippen molar-refractivity contribution in [2.75, 3.05) is 18.4 Å². The molecule has 0 aliphatic carbocycles. The van der Waals surface area contributed by atoms with Crippen molar-refractivity contribution in [3.8, 4) is 0 Å². The van der Waals surface area contributed by atoms with Crippen LogP contribution in [-0.2, 0) is 4.74 Å². The maximum Gasteiger partial charge on any atom is 0.255 e. The molecule has 0 bridgehead atoms. The average Bonchev–Trinajstić information content (AvgIpc) is 2.37. The first kappa shape index (κ1) is 13.4. The Hall–Kier alpha value is -1.01. The van der Waals surface area contributed by atoms with Gasteiger partial charge in [-0.1, -0.05) is 15.9 Å². The normalized spacial score (nSPS) is 24.1. The summed E-state index contributed by atoms with van der Waals surface area (Å²) in [5.74, 6) is -0.706. The van der Waals surface area contributed by atoms with Gasteiger partial charge in [-0.25, -0.2) is 4.39 Å². The van der Waals surface area contributed by atoms with Gasteiger partial charge in [-0.15, -0.1) is 0 Å². The fourth-order valence-electron chi connectivity index (χ4n) is 2.01. The van der Waals surface area contributed by atoms with E-state index in [1.807, 2.05) is 6.92 Å². The summed E-state index contributed by atoms with van der Waals surface area (Å²) in [4.78, 5) is 17.6. The van der Waals surface area contributed by atoms with E-state index < -0.39 is 5.82 Å². The first-order valence-electron chi connectivity index (χ1n) is 5.71. The monoisotopic (exact) mass is 316 g/mol. The Bertz CT molecular complexity index is 444. The summed E-state index contributed by atoms with van der Waals surface area (Å²) >= 11 is 3.35. The van der Waals surface area contributed by atoms with Gasteiger partial charge in [0.25, 0.3) is 5.91 Å². The van der Waals surface area contributed by atoms with Crippen LogP contribution in [0.1, 0.15) is 17.3 Å². The number of hydrogen-bond acceptors (Lipinski definition) is 3. The highest BCUT2D eigenvalue weighted by molar-refractivity contribution is 9.09. The first-order valence-corrected chi connectivity index (χ1v) is 6.83. The zero-order valence-corrected chi connectivity index (χ0v) is 11.6. The third kappa shape index (κ3) is 3.05. The highest BCUT2D eigenvalue weighted by atomic mass is 79.9. The fourth-order valence-corrected chi connectivity index (χ4v) is 2.37. The smallest absolute Gasteiger partial charge is 0.255 e. The molecule has 2 rings (SSSR count). The van der Waals surface area contributed by atoms with Gasteiger partial charge in [0.1, 0.15) is 5.82 Å². The zero-order valence-electron chi connectivity index (χ0n) is 9.97. The number of pyridine rings is 1. The number of amides is 1. The largest absolute Gasteiger partial charge is 0.371 e. The van der Waals surface area contributed by atoms with E-state index >= 15 is 0 Å². The second-order valence-electron chi connectivity index (χ2n) is 4.32. The van der Waals surface area contributed by atoms with Gasteiger partial charge >= 0.3 is 0 Å². The Morgan fingerprint density at radius 2 is 2.39 bits per heavy atom. The Balaban J connectivity index is 2.13. The van der Waals surface area contributed by atoms with Crippen LogP contribution >= 0.6 is 15.9 Å². The highest BCUT2D eigenvalue weighted by Gasteiger charge is 2.28. The van der Waals surface area contributed by atoms with Gasteiger partial charge in [0, 0.05) is 24.6 Å². The van der Waals surface area contributed by atoms with E-state index in [0.717, 1.165) is 6.20 Å². The van der Waals surface area contributed by atoms with E-state index in [-0.39, 0.29) is 23.7 Å². The molecule has 1 saturated heterocycles. The van der Waals surface area contributed by atoms with Gasteiger partial charge in [0.05, 0.1) is 24.0 Å². The number of carbonyl (C=O) groups is 1. The lowest BCUT2D eigenvalue weighted by Crippen LogP contribution is -2.49. The molecule has 1 aromatic heterocycles. The van der Waals surface area contributed by atoms with Crippen molar-refractivity contribution < 1.29 is 13.9 Å². The van der Waals surface area contributed by atoms with Crippen molar-refractivity contribution >= 4 is 21.8 Å². The van der Waals surface area contributed by atoms with E-state index in [1.165, 1.54) is 12.3 Å². The van der Waals surface area contributed by atoms with Crippen LogP contribution in [0.4, 0.5) is 4.39 Å². The molecule has 1 aliphatic heterocycles. The van der Waals surface area contributed by atoms with Crippen molar-refractivity contribution in [1.82, 2.24) is 9.88 Å². The minimum atomic E-state index is -0.501. The molecule has 0 N–H and O–H groups in total. The molecule has 2 heterocycles. The van der Waals surface area contributed by atoms with Gasteiger partial charge in [0.15, 0.2) is 0 Å². The first-order chi connectivity index (χ1) is 8.60. The third-order valence-electron chi connectivity index (χ3n) is 2.74. The number of ether oxygens (including phenoxy) is 1. The Kier molecular flexibility index (Phi) is 4.29. The van der Waals surface area contributed by atoms with Crippen LogP contribution in [-0.4, -0.2) is 46.4 Å². The molecule has 18 heavy (non-hydrogen) atoms. The number of aromatic nitrogens is 1. The summed E-state index contributed by atoms with van der Waals surface area (Å²) in [6.45, 7) is 2.93. The standard InChI is InChI=1S/C12H14BrFN2O2/c1-8-6-16(7-11(3-13)18-8)12(17)9-2-10(14)5-15-4-9/h2,4-5,8,11H,3,6-7H2,1H3. The third-order valence-corrected chi connectivity index (χ3v) is 3.46. The Labute approximate surface area is 113 Å². The van der Waals surface area contributed by atoms with Gasteiger partial charge < -0.3 is 9.64 Å². The molecule has 2 unspecified atom stereocenters. The number of carbonyl (C=O) groups excluding carboxylic acids is 1. The molecular formula is C12H14BrFN2O2. The van der Waals surface area contributed by atoms with Crippen LogP contribution in [0, 0.1) is 5.82 Å². The highest BCUT2D eigenvalue weighted by Crippen LogP contribution is 2.16. The van der Waals surface area contributed by atoms with Crippen LogP contribution < -0.4 is 0 Å². The molecule has 2 atom stereocenters. The average molecular weight is 317 g/mol. The number of nitrogens with zero attached hydrogens (tertiary/aromatic N) is 2. The molecule has 1 fully saturated rings. The minimum absolute atomic E-state index is 0.0215. The number of hydrogen-bond donors (Lipinski definition) is 0.